The monoisotopic (exact) mass is 209 g/mol. The maximum absolute atomic E-state index is 11.4. The van der Waals surface area contributed by atoms with E-state index in [-0.39, 0.29) is 6.04 Å². The molecule has 0 amide bonds. The van der Waals surface area contributed by atoms with Gasteiger partial charge in [0.1, 0.15) is 0 Å². The van der Waals surface area contributed by atoms with Crippen molar-refractivity contribution in [1.82, 2.24) is 14.3 Å². The molecule has 0 saturated heterocycles. The molecule has 1 atom stereocenters. The first-order valence-corrected chi connectivity index (χ1v) is 5.76. The minimum atomic E-state index is -3.27. The van der Waals surface area contributed by atoms with E-state index in [0.717, 1.165) is 0 Å². The zero-order valence-electron chi connectivity index (χ0n) is 8.66. The normalized spacial score (nSPS) is 14.8. The van der Waals surface area contributed by atoms with Crippen molar-refractivity contribution in [3.8, 4) is 0 Å². The fourth-order valence-corrected chi connectivity index (χ4v) is 1.63. The van der Waals surface area contributed by atoms with Gasteiger partial charge in [-0.15, -0.1) is 0 Å². The standard InChI is InChI=1S/C7H19N3O2S/c1-5-10(4)13(11,12)9-6-7(2)8-3/h7-9H,5-6H2,1-4H3. The molecule has 0 rings (SSSR count). The Balaban J connectivity index is 4.04. The lowest BCUT2D eigenvalue weighted by Crippen LogP contribution is -2.43. The van der Waals surface area contributed by atoms with E-state index in [1.54, 1.807) is 21.0 Å². The van der Waals surface area contributed by atoms with Crippen molar-refractivity contribution in [2.75, 3.05) is 27.2 Å². The van der Waals surface area contributed by atoms with E-state index in [1.165, 1.54) is 4.31 Å². The van der Waals surface area contributed by atoms with Gasteiger partial charge in [-0.3, -0.25) is 0 Å². The highest BCUT2D eigenvalue weighted by Gasteiger charge is 2.15. The van der Waals surface area contributed by atoms with Crippen LogP contribution in [0, 0.1) is 0 Å². The minimum Gasteiger partial charge on any atom is -0.316 e. The zero-order valence-corrected chi connectivity index (χ0v) is 9.48. The maximum Gasteiger partial charge on any atom is 0.279 e. The molecule has 0 heterocycles. The number of rotatable bonds is 6. The fraction of sp³-hybridized carbons (Fsp3) is 1.00. The lowest BCUT2D eigenvalue weighted by molar-refractivity contribution is 0.466. The van der Waals surface area contributed by atoms with Crippen LogP contribution in [0.3, 0.4) is 0 Å². The van der Waals surface area contributed by atoms with E-state index in [9.17, 15) is 8.42 Å². The third-order valence-corrected chi connectivity index (χ3v) is 3.53. The van der Waals surface area contributed by atoms with Crippen LogP contribution in [0.5, 0.6) is 0 Å². The predicted molar refractivity (Wildman–Crippen MR) is 53.7 cm³/mol. The molecule has 80 valence electrons. The van der Waals surface area contributed by atoms with Gasteiger partial charge in [0.2, 0.25) is 0 Å². The van der Waals surface area contributed by atoms with Crippen LogP contribution in [0.25, 0.3) is 0 Å². The fourth-order valence-electron chi connectivity index (χ4n) is 0.613. The predicted octanol–water partition coefficient (Wildman–Crippen LogP) is -0.620. The lowest BCUT2D eigenvalue weighted by Gasteiger charge is -2.17. The average Bonchev–Trinajstić information content (AvgIpc) is 2.12. The molecular formula is C7H19N3O2S. The average molecular weight is 209 g/mol. The third-order valence-electron chi connectivity index (χ3n) is 1.92. The minimum absolute atomic E-state index is 0.139. The highest BCUT2D eigenvalue weighted by Crippen LogP contribution is 1.92. The van der Waals surface area contributed by atoms with Crippen molar-refractivity contribution < 1.29 is 8.42 Å². The molecule has 0 fully saturated rings. The molecule has 0 saturated carbocycles. The molecule has 1 unspecified atom stereocenters. The smallest absolute Gasteiger partial charge is 0.279 e. The first kappa shape index (κ1) is 12.8. The molecule has 0 aliphatic rings. The number of hydrogen-bond donors (Lipinski definition) is 2. The molecular weight excluding hydrogens is 190 g/mol. The van der Waals surface area contributed by atoms with Crippen LogP contribution >= 0.6 is 0 Å². The summed E-state index contributed by atoms with van der Waals surface area (Å²) >= 11 is 0. The lowest BCUT2D eigenvalue weighted by atomic mass is 10.4. The van der Waals surface area contributed by atoms with Crippen molar-refractivity contribution in [1.29, 1.82) is 0 Å². The van der Waals surface area contributed by atoms with Crippen LogP contribution < -0.4 is 10.0 Å². The van der Waals surface area contributed by atoms with Gasteiger partial charge in [-0.05, 0) is 14.0 Å². The molecule has 0 aromatic carbocycles. The molecule has 6 heteroatoms. The van der Waals surface area contributed by atoms with Crippen LogP contribution in [0.1, 0.15) is 13.8 Å². The van der Waals surface area contributed by atoms with E-state index in [2.05, 4.69) is 10.0 Å². The summed E-state index contributed by atoms with van der Waals surface area (Å²) in [6.07, 6.45) is 0. The van der Waals surface area contributed by atoms with Gasteiger partial charge in [-0.1, -0.05) is 6.92 Å². The largest absolute Gasteiger partial charge is 0.316 e. The molecule has 5 nitrogen and oxygen atoms in total. The number of likely N-dealkylation sites (N-methyl/N-ethyl adjacent to an activating group) is 1. The second-order valence-corrected chi connectivity index (χ2v) is 4.82. The summed E-state index contributed by atoms with van der Waals surface area (Å²) in [5, 5.41) is 2.95. The summed E-state index contributed by atoms with van der Waals surface area (Å²) < 4.78 is 26.5. The summed E-state index contributed by atoms with van der Waals surface area (Å²) in [7, 11) is 0.0700. The topological polar surface area (TPSA) is 61.4 Å². The molecule has 0 bridgehead atoms. The summed E-state index contributed by atoms with van der Waals surface area (Å²) in [6.45, 7) is 4.58. The molecule has 0 radical (unpaired) electrons. The van der Waals surface area contributed by atoms with Gasteiger partial charge in [0.15, 0.2) is 0 Å². The first-order chi connectivity index (χ1) is 5.94. The number of nitrogens with zero attached hydrogens (tertiary/aromatic N) is 1. The summed E-state index contributed by atoms with van der Waals surface area (Å²) in [5.74, 6) is 0. The third kappa shape index (κ3) is 4.56. The van der Waals surface area contributed by atoms with E-state index in [0.29, 0.717) is 13.1 Å². The Hall–Kier alpha value is -0.170. The molecule has 0 aromatic rings. The Bertz CT molecular complexity index is 228. The van der Waals surface area contributed by atoms with Gasteiger partial charge >= 0.3 is 0 Å². The molecule has 0 aromatic heterocycles. The second kappa shape index (κ2) is 5.54. The van der Waals surface area contributed by atoms with Crippen molar-refractivity contribution in [2.45, 2.75) is 19.9 Å². The summed E-state index contributed by atoms with van der Waals surface area (Å²) in [6, 6.07) is 0.139. The van der Waals surface area contributed by atoms with E-state index >= 15 is 0 Å². The van der Waals surface area contributed by atoms with Crippen molar-refractivity contribution in [3.63, 3.8) is 0 Å². The van der Waals surface area contributed by atoms with Gasteiger partial charge in [0.25, 0.3) is 10.2 Å². The van der Waals surface area contributed by atoms with Gasteiger partial charge in [0.05, 0.1) is 0 Å². The van der Waals surface area contributed by atoms with Gasteiger partial charge < -0.3 is 5.32 Å². The Labute approximate surface area is 80.7 Å². The van der Waals surface area contributed by atoms with Gasteiger partial charge in [-0.25, -0.2) is 4.72 Å². The molecule has 0 spiro atoms. The number of nitrogens with one attached hydrogen (secondary N) is 2. The highest BCUT2D eigenvalue weighted by molar-refractivity contribution is 7.87. The zero-order chi connectivity index (χ0) is 10.5. The van der Waals surface area contributed by atoms with Crippen LogP contribution in [0.4, 0.5) is 0 Å². The Morgan fingerprint density at radius 3 is 2.38 bits per heavy atom. The van der Waals surface area contributed by atoms with Crippen LogP contribution in [0.2, 0.25) is 0 Å². The maximum atomic E-state index is 11.4. The summed E-state index contributed by atoms with van der Waals surface area (Å²) in [4.78, 5) is 0. The van der Waals surface area contributed by atoms with E-state index in [4.69, 9.17) is 0 Å². The van der Waals surface area contributed by atoms with Crippen LogP contribution in [0.15, 0.2) is 0 Å². The highest BCUT2D eigenvalue weighted by atomic mass is 32.2. The first-order valence-electron chi connectivity index (χ1n) is 4.32. The Kier molecular flexibility index (Phi) is 5.46. The molecule has 2 N–H and O–H groups in total. The Morgan fingerprint density at radius 1 is 1.46 bits per heavy atom. The van der Waals surface area contributed by atoms with E-state index < -0.39 is 10.2 Å². The Morgan fingerprint density at radius 2 is 2.00 bits per heavy atom. The van der Waals surface area contributed by atoms with Crippen LogP contribution in [-0.4, -0.2) is 45.9 Å². The van der Waals surface area contributed by atoms with Gasteiger partial charge in [-0.2, -0.15) is 12.7 Å². The molecule has 0 aliphatic heterocycles. The molecule has 13 heavy (non-hydrogen) atoms. The van der Waals surface area contributed by atoms with E-state index in [1.807, 2.05) is 6.92 Å². The van der Waals surface area contributed by atoms with Crippen molar-refractivity contribution in [3.05, 3.63) is 0 Å². The molecule has 0 aliphatic carbocycles. The summed E-state index contributed by atoms with van der Waals surface area (Å²) in [5.41, 5.74) is 0. The van der Waals surface area contributed by atoms with Crippen molar-refractivity contribution in [2.24, 2.45) is 0 Å². The quantitative estimate of drug-likeness (QED) is 0.613. The second-order valence-electron chi connectivity index (χ2n) is 2.96. The van der Waals surface area contributed by atoms with Gasteiger partial charge in [0, 0.05) is 26.2 Å². The van der Waals surface area contributed by atoms with Crippen molar-refractivity contribution >= 4 is 10.2 Å². The number of hydrogen-bond acceptors (Lipinski definition) is 3. The SMILES string of the molecule is CCN(C)S(=O)(=O)NCC(C)NC. The van der Waals surface area contributed by atoms with Crippen LogP contribution in [-0.2, 0) is 10.2 Å².